The number of imide groups is 1. The molecule has 0 bridgehead atoms. The Morgan fingerprint density at radius 3 is 2.42 bits per heavy atom. The molecule has 3 aliphatic rings. The van der Waals surface area contributed by atoms with Gasteiger partial charge in [0, 0.05) is 22.8 Å². The highest BCUT2D eigenvalue weighted by Gasteiger charge is 2.71. The molecular formula is C24H24FN3O5. The van der Waals surface area contributed by atoms with Gasteiger partial charge in [-0.15, -0.1) is 0 Å². The van der Waals surface area contributed by atoms with Gasteiger partial charge in [-0.25, -0.2) is 4.39 Å². The van der Waals surface area contributed by atoms with Gasteiger partial charge in [0.05, 0.1) is 11.8 Å². The Balaban J connectivity index is 1.66. The molecule has 8 nitrogen and oxygen atoms in total. The van der Waals surface area contributed by atoms with Crippen LogP contribution in [0.4, 0.5) is 10.1 Å². The van der Waals surface area contributed by atoms with E-state index >= 15 is 0 Å². The predicted octanol–water partition coefficient (Wildman–Crippen LogP) is 2.00. The lowest BCUT2D eigenvalue weighted by molar-refractivity contribution is -0.147. The topological polar surface area (TPSA) is 119 Å². The molecule has 9 heteroatoms. The summed E-state index contributed by atoms with van der Waals surface area (Å²) in [6.45, 7) is 5.25. The first-order chi connectivity index (χ1) is 15.4. The van der Waals surface area contributed by atoms with Crippen LogP contribution in [0.5, 0.6) is 11.5 Å². The van der Waals surface area contributed by atoms with Crippen molar-refractivity contribution >= 4 is 23.4 Å². The number of aromatic hydroxyl groups is 2. The molecule has 4 atom stereocenters. The Kier molecular flexibility index (Phi) is 4.39. The first-order valence-corrected chi connectivity index (χ1v) is 10.7. The van der Waals surface area contributed by atoms with Crippen LogP contribution in [-0.4, -0.2) is 44.4 Å². The van der Waals surface area contributed by atoms with Gasteiger partial charge in [0.25, 0.3) is 0 Å². The van der Waals surface area contributed by atoms with Gasteiger partial charge in [-0.05, 0) is 63.1 Å². The first kappa shape index (κ1) is 21.4. The van der Waals surface area contributed by atoms with Crippen molar-refractivity contribution in [3.8, 4) is 11.5 Å². The van der Waals surface area contributed by atoms with Crippen molar-refractivity contribution < 1.29 is 29.0 Å². The molecule has 2 aromatic rings. The van der Waals surface area contributed by atoms with Crippen LogP contribution in [0.2, 0.25) is 0 Å². The molecule has 0 saturated carbocycles. The van der Waals surface area contributed by atoms with Crippen molar-refractivity contribution in [1.29, 1.82) is 0 Å². The Morgan fingerprint density at radius 1 is 1.03 bits per heavy atom. The highest BCUT2D eigenvalue weighted by molar-refractivity contribution is 6.15. The molecule has 2 unspecified atom stereocenters. The molecule has 1 spiro atoms. The minimum absolute atomic E-state index is 0.200. The Labute approximate surface area is 189 Å². The number of hydrogen-bond donors (Lipinski definition) is 4. The van der Waals surface area contributed by atoms with E-state index in [1.807, 2.05) is 0 Å². The molecule has 0 aliphatic carbocycles. The molecular weight excluding hydrogens is 429 g/mol. The average Bonchev–Trinajstić information content (AvgIpc) is 3.29. The number of hydrogen-bond acceptors (Lipinski definition) is 6. The summed E-state index contributed by atoms with van der Waals surface area (Å²) < 4.78 is 14.3. The predicted molar refractivity (Wildman–Crippen MR) is 116 cm³/mol. The fourth-order valence-corrected chi connectivity index (χ4v) is 5.56. The molecule has 0 aromatic heterocycles. The highest BCUT2D eigenvalue weighted by Crippen LogP contribution is 2.54. The van der Waals surface area contributed by atoms with E-state index in [0.29, 0.717) is 16.8 Å². The monoisotopic (exact) mass is 453 g/mol. The zero-order valence-electron chi connectivity index (χ0n) is 18.3. The van der Waals surface area contributed by atoms with Crippen LogP contribution in [0.25, 0.3) is 0 Å². The SMILES string of the molecule is CC(C)(C)N1C(=O)[C@@H]2C(Cc3ccc(O)c(O)c3)NC3(C(=O)Nc4ccc(F)cc43)[C@@H]2C1=O. The van der Waals surface area contributed by atoms with Gasteiger partial charge < -0.3 is 15.5 Å². The third-order valence-electron chi connectivity index (χ3n) is 6.84. The van der Waals surface area contributed by atoms with Crippen molar-refractivity contribution in [3.05, 3.63) is 53.3 Å². The maximum atomic E-state index is 14.3. The largest absolute Gasteiger partial charge is 0.504 e. The number of halogens is 1. The smallest absolute Gasteiger partial charge is 0.250 e. The van der Waals surface area contributed by atoms with Gasteiger partial charge in [-0.1, -0.05) is 6.07 Å². The van der Waals surface area contributed by atoms with Crippen molar-refractivity contribution in [2.24, 2.45) is 11.8 Å². The van der Waals surface area contributed by atoms with Gasteiger partial charge >= 0.3 is 0 Å². The van der Waals surface area contributed by atoms with Crippen LogP contribution in [0.1, 0.15) is 31.9 Å². The molecule has 2 saturated heterocycles. The Bertz CT molecular complexity index is 1220. The summed E-state index contributed by atoms with van der Waals surface area (Å²) >= 11 is 0. The summed E-state index contributed by atoms with van der Waals surface area (Å²) in [7, 11) is 0. The van der Waals surface area contributed by atoms with Gasteiger partial charge in [0.15, 0.2) is 11.5 Å². The van der Waals surface area contributed by atoms with Gasteiger partial charge in [-0.3, -0.25) is 24.6 Å². The van der Waals surface area contributed by atoms with E-state index in [2.05, 4.69) is 10.6 Å². The second kappa shape index (κ2) is 6.77. The maximum absolute atomic E-state index is 14.3. The third-order valence-corrected chi connectivity index (χ3v) is 6.84. The van der Waals surface area contributed by atoms with Crippen molar-refractivity contribution in [3.63, 3.8) is 0 Å². The van der Waals surface area contributed by atoms with Gasteiger partial charge in [-0.2, -0.15) is 0 Å². The second-order valence-corrected chi connectivity index (χ2v) is 9.92. The van der Waals surface area contributed by atoms with Crippen LogP contribution >= 0.6 is 0 Å². The molecule has 3 amide bonds. The summed E-state index contributed by atoms with van der Waals surface area (Å²) in [5.41, 5.74) is -1.11. The minimum Gasteiger partial charge on any atom is -0.504 e. The van der Waals surface area contributed by atoms with Crippen LogP contribution in [0, 0.1) is 17.7 Å². The lowest BCUT2D eigenvalue weighted by Crippen LogP contribution is -2.56. The number of phenolic OH excluding ortho intramolecular Hbond substituents is 2. The van der Waals surface area contributed by atoms with Gasteiger partial charge in [0.1, 0.15) is 11.4 Å². The van der Waals surface area contributed by atoms with Crippen molar-refractivity contribution in [1.82, 2.24) is 10.2 Å². The number of anilines is 1. The number of benzene rings is 2. The fourth-order valence-electron chi connectivity index (χ4n) is 5.56. The molecule has 5 rings (SSSR count). The average molecular weight is 453 g/mol. The Morgan fingerprint density at radius 2 is 1.76 bits per heavy atom. The quantitative estimate of drug-likeness (QED) is 0.408. The summed E-state index contributed by atoms with van der Waals surface area (Å²) in [5, 5.41) is 25.5. The molecule has 2 aromatic carbocycles. The van der Waals surface area contributed by atoms with Crippen LogP contribution in [0.3, 0.4) is 0 Å². The number of carbonyl (C=O) groups excluding carboxylic acids is 3. The maximum Gasteiger partial charge on any atom is 0.250 e. The minimum atomic E-state index is -1.60. The molecule has 4 N–H and O–H groups in total. The van der Waals surface area contributed by atoms with E-state index in [1.54, 1.807) is 26.8 Å². The number of rotatable bonds is 2. The van der Waals surface area contributed by atoms with Crippen molar-refractivity contribution in [2.45, 2.75) is 44.3 Å². The van der Waals surface area contributed by atoms with Crippen LogP contribution in [-0.2, 0) is 26.3 Å². The molecule has 0 radical (unpaired) electrons. The normalized spacial score (nSPS) is 28.4. The summed E-state index contributed by atoms with van der Waals surface area (Å²) in [4.78, 5) is 41.8. The van der Waals surface area contributed by atoms with E-state index in [9.17, 15) is 29.0 Å². The fraction of sp³-hybridized carbons (Fsp3) is 0.375. The third kappa shape index (κ3) is 2.88. The number of nitrogens with zero attached hydrogens (tertiary/aromatic N) is 1. The molecule has 172 valence electrons. The van der Waals surface area contributed by atoms with Crippen LogP contribution < -0.4 is 10.6 Å². The number of fused-ring (bicyclic) bond motifs is 4. The number of nitrogens with one attached hydrogen (secondary N) is 2. The number of carbonyl (C=O) groups is 3. The van der Waals surface area contributed by atoms with Gasteiger partial charge in [0.2, 0.25) is 17.7 Å². The molecule has 3 heterocycles. The summed E-state index contributed by atoms with van der Waals surface area (Å²) in [5.74, 6) is -4.45. The van der Waals surface area contributed by atoms with E-state index in [4.69, 9.17) is 0 Å². The van der Waals surface area contributed by atoms with Crippen molar-refractivity contribution in [2.75, 3.05) is 5.32 Å². The van der Waals surface area contributed by atoms with E-state index in [0.717, 1.165) is 0 Å². The molecule has 33 heavy (non-hydrogen) atoms. The Hall–Kier alpha value is -3.46. The first-order valence-electron chi connectivity index (χ1n) is 10.7. The molecule has 3 aliphatic heterocycles. The number of likely N-dealkylation sites (tertiary alicyclic amines) is 1. The summed E-state index contributed by atoms with van der Waals surface area (Å²) in [6.07, 6.45) is 0.200. The van der Waals surface area contributed by atoms with E-state index in [-0.39, 0.29) is 17.9 Å². The zero-order chi connectivity index (χ0) is 23.9. The summed E-state index contributed by atoms with van der Waals surface area (Å²) in [6, 6.07) is 7.56. The number of amides is 3. The van der Waals surface area contributed by atoms with E-state index in [1.165, 1.54) is 35.2 Å². The lowest BCUT2D eigenvalue weighted by Gasteiger charge is -2.34. The number of phenols is 2. The highest BCUT2D eigenvalue weighted by atomic mass is 19.1. The van der Waals surface area contributed by atoms with Crippen LogP contribution in [0.15, 0.2) is 36.4 Å². The standard InChI is InChI=1S/C24H24FN3O5/c1-23(2,3)28-20(31)18-15(8-11-4-7-16(29)17(30)9-11)27-24(19(18)21(28)32)13-10-12(25)5-6-14(13)26-22(24)33/h4-7,9-10,15,18-19,27,29-30H,8H2,1-3H3,(H,26,33)/t15?,18-,19+,24?/m1/s1. The lowest BCUT2D eigenvalue weighted by atomic mass is 9.76. The van der Waals surface area contributed by atoms with E-state index < -0.39 is 52.5 Å². The second-order valence-electron chi connectivity index (χ2n) is 9.92. The zero-order valence-corrected chi connectivity index (χ0v) is 18.3. The molecule has 2 fully saturated rings.